The van der Waals surface area contributed by atoms with Crippen molar-refractivity contribution in [1.82, 2.24) is 0 Å². The lowest BCUT2D eigenvalue weighted by molar-refractivity contribution is -0.384. The van der Waals surface area contributed by atoms with Crippen molar-refractivity contribution in [2.24, 2.45) is 0 Å². The molecular formula is C16H13ClN2O6. The predicted octanol–water partition coefficient (Wildman–Crippen LogP) is 2.81. The Balaban J connectivity index is 1.73. The monoisotopic (exact) mass is 364 g/mol. The summed E-state index contributed by atoms with van der Waals surface area (Å²) >= 11 is 5.79. The number of nitrogens with one attached hydrogen (secondary N) is 1. The van der Waals surface area contributed by atoms with E-state index in [1.54, 1.807) is 24.3 Å². The van der Waals surface area contributed by atoms with Gasteiger partial charge in [-0.25, -0.2) is 4.79 Å². The van der Waals surface area contributed by atoms with E-state index in [2.05, 4.69) is 5.32 Å². The predicted molar refractivity (Wildman–Crippen MR) is 89.6 cm³/mol. The lowest BCUT2D eigenvalue weighted by Crippen LogP contribution is -2.23. The highest BCUT2D eigenvalue weighted by molar-refractivity contribution is 6.30. The van der Waals surface area contributed by atoms with Crippen LogP contribution in [0.15, 0.2) is 48.5 Å². The Bertz CT molecular complexity index is 778. The third kappa shape index (κ3) is 6.11. The molecule has 1 N–H and O–H groups in total. The number of benzene rings is 2. The summed E-state index contributed by atoms with van der Waals surface area (Å²) in [6, 6.07) is 11.7. The number of esters is 1. The van der Waals surface area contributed by atoms with Crippen molar-refractivity contribution in [3.05, 3.63) is 63.7 Å². The largest absolute Gasteiger partial charge is 0.482 e. The molecule has 0 saturated carbocycles. The van der Waals surface area contributed by atoms with Crippen molar-refractivity contribution in [2.75, 3.05) is 18.5 Å². The van der Waals surface area contributed by atoms with Crippen LogP contribution in [-0.4, -0.2) is 30.0 Å². The highest BCUT2D eigenvalue weighted by atomic mass is 35.5. The second kappa shape index (κ2) is 8.65. The Hall–Kier alpha value is -3.13. The average Bonchev–Trinajstić information content (AvgIpc) is 2.58. The fraction of sp³-hybridized carbons (Fsp3) is 0.125. The zero-order valence-electron chi connectivity index (χ0n) is 12.8. The summed E-state index contributed by atoms with van der Waals surface area (Å²) in [5.74, 6) is -1.00. The maximum atomic E-state index is 11.7. The van der Waals surface area contributed by atoms with E-state index in [0.717, 1.165) is 0 Å². The van der Waals surface area contributed by atoms with Crippen LogP contribution in [-0.2, 0) is 14.3 Å². The molecule has 0 bridgehead atoms. The minimum atomic E-state index is -0.750. The summed E-state index contributed by atoms with van der Waals surface area (Å²) in [6.07, 6.45) is 0. The van der Waals surface area contributed by atoms with Crippen LogP contribution < -0.4 is 10.1 Å². The fourth-order valence-electron chi connectivity index (χ4n) is 1.76. The third-order valence-corrected chi connectivity index (χ3v) is 3.11. The standard InChI is InChI=1S/C16H13ClN2O6/c17-11-2-1-3-12(8-11)18-15(20)9-25-16(21)10-24-14-6-4-13(5-7-14)19(22)23/h1-8H,9-10H2,(H,18,20). The Morgan fingerprint density at radius 3 is 2.48 bits per heavy atom. The van der Waals surface area contributed by atoms with Gasteiger partial charge < -0.3 is 14.8 Å². The first-order valence-corrected chi connectivity index (χ1v) is 7.40. The van der Waals surface area contributed by atoms with Gasteiger partial charge in [0.15, 0.2) is 13.2 Å². The van der Waals surface area contributed by atoms with Gasteiger partial charge in [-0.1, -0.05) is 17.7 Å². The molecule has 9 heteroatoms. The maximum Gasteiger partial charge on any atom is 0.344 e. The number of nitro groups is 1. The molecule has 0 aliphatic carbocycles. The van der Waals surface area contributed by atoms with E-state index in [9.17, 15) is 19.7 Å². The third-order valence-electron chi connectivity index (χ3n) is 2.88. The number of ether oxygens (including phenoxy) is 2. The summed E-state index contributed by atoms with van der Waals surface area (Å²) in [6.45, 7) is -0.906. The number of carbonyl (C=O) groups is 2. The molecule has 2 aromatic rings. The molecule has 0 spiro atoms. The van der Waals surface area contributed by atoms with Gasteiger partial charge in [0.25, 0.3) is 11.6 Å². The van der Waals surface area contributed by atoms with Crippen LogP contribution in [0.4, 0.5) is 11.4 Å². The summed E-state index contributed by atoms with van der Waals surface area (Å²) in [4.78, 5) is 33.2. The molecule has 1 amide bonds. The molecule has 130 valence electrons. The van der Waals surface area contributed by atoms with E-state index in [1.807, 2.05) is 0 Å². The number of halogens is 1. The van der Waals surface area contributed by atoms with Crippen LogP contribution in [0.2, 0.25) is 5.02 Å². The van der Waals surface area contributed by atoms with E-state index in [0.29, 0.717) is 10.7 Å². The van der Waals surface area contributed by atoms with Crippen LogP contribution in [0.25, 0.3) is 0 Å². The zero-order valence-corrected chi connectivity index (χ0v) is 13.6. The van der Waals surface area contributed by atoms with Gasteiger partial charge in [0, 0.05) is 22.8 Å². The molecule has 0 aliphatic rings. The first-order chi connectivity index (χ1) is 11.9. The minimum absolute atomic E-state index is 0.0902. The van der Waals surface area contributed by atoms with E-state index < -0.39 is 30.0 Å². The smallest absolute Gasteiger partial charge is 0.344 e. The number of rotatable bonds is 7. The van der Waals surface area contributed by atoms with Crippen molar-refractivity contribution in [1.29, 1.82) is 0 Å². The van der Waals surface area contributed by atoms with Gasteiger partial charge in [0.05, 0.1) is 4.92 Å². The van der Waals surface area contributed by atoms with Crippen LogP contribution in [0, 0.1) is 10.1 Å². The van der Waals surface area contributed by atoms with Gasteiger partial charge >= 0.3 is 5.97 Å². The van der Waals surface area contributed by atoms with Crippen LogP contribution in [0.5, 0.6) is 5.75 Å². The Morgan fingerprint density at radius 2 is 1.84 bits per heavy atom. The second-order valence-corrected chi connectivity index (χ2v) is 5.20. The van der Waals surface area contributed by atoms with Gasteiger partial charge in [-0.05, 0) is 30.3 Å². The van der Waals surface area contributed by atoms with Crippen molar-refractivity contribution >= 4 is 34.9 Å². The molecule has 0 heterocycles. The summed E-state index contributed by atoms with van der Waals surface area (Å²) < 4.78 is 9.90. The normalized spacial score (nSPS) is 9.96. The summed E-state index contributed by atoms with van der Waals surface area (Å²) in [5.41, 5.74) is 0.392. The van der Waals surface area contributed by atoms with Crippen LogP contribution in [0.1, 0.15) is 0 Å². The van der Waals surface area contributed by atoms with Gasteiger partial charge in [0.2, 0.25) is 0 Å². The van der Waals surface area contributed by atoms with Gasteiger partial charge in [0.1, 0.15) is 5.75 Å². The molecule has 0 aromatic heterocycles. The SMILES string of the molecule is O=C(COC(=O)COc1ccc([N+](=O)[O-])cc1)Nc1cccc(Cl)c1. The topological polar surface area (TPSA) is 108 Å². The zero-order chi connectivity index (χ0) is 18.2. The number of non-ortho nitro benzene ring substituents is 1. The molecule has 25 heavy (non-hydrogen) atoms. The number of nitro benzene ring substituents is 1. The first-order valence-electron chi connectivity index (χ1n) is 7.02. The lowest BCUT2D eigenvalue weighted by atomic mass is 10.3. The number of anilines is 1. The number of amides is 1. The lowest BCUT2D eigenvalue weighted by Gasteiger charge is -2.08. The number of nitrogens with zero attached hydrogens (tertiary/aromatic N) is 1. The molecule has 8 nitrogen and oxygen atoms in total. The molecule has 2 rings (SSSR count). The molecule has 0 fully saturated rings. The van der Waals surface area contributed by atoms with Crippen molar-refractivity contribution in [3.63, 3.8) is 0 Å². The molecular weight excluding hydrogens is 352 g/mol. The molecule has 0 aliphatic heterocycles. The highest BCUT2D eigenvalue weighted by Crippen LogP contribution is 2.17. The Morgan fingerprint density at radius 1 is 1.12 bits per heavy atom. The highest BCUT2D eigenvalue weighted by Gasteiger charge is 2.10. The van der Waals surface area contributed by atoms with E-state index in [-0.39, 0.29) is 11.4 Å². The van der Waals surface area contributed by atoms with Gasteiger partial charge in [-0.2, -0.15) is 0 Å². The molecule has 0 unspecified atom stereocenters. The summed E-state index contributed by atoms with van der Waals surface area (Å²) in [5, 5.41) is 13.5. The minimum Gasteiger partial charge on any atom is -0.482 e. The maximum absolute atomic E-state index is 11.7. The van der Waals surface area contributed by atoms with Gasteiger partial charge in [-0.3, -0.25) is 14.9 Å². The van der Waals surface area contributed by atoms with Gasteiger partial charge in [-0.15, -0.1) is 0 Å². The Kier molecular flexibility index (Phi) is 6.30. The average molecular weight is 365 g/mol. The van der Waals surface area contributed by atoms with Crippen molar-refractivity contribution < 1.29 is 24.0 Å². The number of hydrogen-bond acceptors (Lipinski definition) is 6. The summed E-state index contributed by atoms with van der Waals surface area (Å²) in [7, 11) is 0. The molecule has 0 radical (unpaired) electrons. The quantitative estimate of drug-likeness (QED) is 0.460. The van der Waals surface area contributed by atoms with Crippen LogP contribution >= 0.6 is 11.6 Å². The van der Waals surface area contributed by atoms with E-state index in [1.165, 1.54) is 24.3 Å². The van der Waals surface area contributed by atoms with E-state index in [4.69, 9.17) is 21.1 Å². The first kappa shape index (κ1) is 18.2. The molecule has 2 aromatic carbocycles. The second-order valence-electron chi connectivity index (χ2n) is 4.76. The van der Waals surface area contributed by atoms with E-state index >= 15 is 0 Å². The number of hydrogen-bond donors (Lipinski definition) is 1. The Labute approximate surface area is 147 Å². The molecule has 0 saturated heterocycles. The van der Waals surface area contributed by atoms with Crippen molar-refractivity contribution in [2.45, 2.75) is 0 Å². The van der Waals surface area contributed by atoms with Crippen LogP contribution in [0.3, 0.4) is 0 Å². The number of carbonyl (C=O) groups excluding carboxylic acids is 2. The van der Waals surface area contributed by atoms with Crippen molar-refractivity contribution in [3.8, 4) is 5.75 Å². The fourth-order valence-corrected chi connectivity index (χ4v) is 1.95. The molecule has 0 atom stereocenters.